The second kappa shape index (κ2) is 6.68. The Balaban J connectivity index is 2.16. The van der Waals surface area contributed by atoms with Gasteiger partial charge in [0.1, 0.15) is 5.52 Å². The number of nitrogens with zero attached hydrogens (tertiary/aromatic N) is 3. The lowest BCUT2D eigenvalue weighted by molar-refractivity contribution is 0.0951. The lowest BCUT2D eigenvalue weighted by Crippen LogP contribution is -2.25. The van der Waals surface area contributed by atoms with Crippen molar-refractivity contribution in [2.75, 3.05) is 19.4 Å². The number of rotatable bonds is 4. The van der Waals surface area contributed by atoms with Gasteiger partial charge >= 0.3 is 0 Å². The summed E-state index contributed by atoms with van der Waals surface area (Å²) in [5.41, 5.74) is 7.95. The van der Waals surface area contributed by atoms with Gasteiger partial charge in [-0.05, 0) is 13.0 Å². The number of amides is 1. The van der Waals surface area contributed by atoms with Crippen LogP contribution in [0.2, 0.25) is 0 Å². The van der Waals surface area contributed by atoms with Crippen LogP contribution in [-0.4, -0.2) is 34.7 Å². The number of carbonyl (C=O) groups excluding carboxylic acids is 1. The summed E-state index contributed by atoms with van der Waals surface area (Å²) in [5.74, 6) is -1.07. The Hall–Kier alpha value is -3.29. The molecule has 0 aliphatic carbocycles. The maximum atomic E-state index is 14.0. The summed E-state index contributed by atoms with van der Waals surface area (Å²) in [6, 6.07) is 6.54. The first-order chi connectivity index (χ1) is 12.1. The molecule has 3 aromatic rings. The molecule has 1 aromatic carbocycles. The fourth-order valence-electron chi connectivity index (χ4n) is 2.52. The number of aromatic nitrogens is 3. The molecule has 25 heavy (non-hydrogen) atoms. The van der Waals surface area contributed by atoms with E-state index in [2.05, 4.69) is 20.5 Å². The first-order valence-corrected chi connectivity index (χ1v) is 7.59. The third kappa shape index (κ3) is 2.93. The smallest absolute Gasteiger partial charge is 0.273 e. The van der Waals surface area contributed by atoms with Crippen molar-refractivity contribution in [2.45, 2.75) is 6.92 Å². The maximum Gasteiger partial charge on any atom is 0.273 e. The van der Waals surface area contributed by atoms with Gasteiger partial charge in [0.2, 0.25) is 5.88 Å². The zero-order valence-corrected chi connectivity index (χ0v) is 13.7. The van der Waals surface area contributed by atoms with Crippen LogP contribution in [0, 0.1) is 5.82 Å². The van der Waals surface area contributed by atoms with Crippen molar-refractivity contribution < 1.29 is 13.9 Å². The summed E-state index contributed by atoms with van der Waals surface area (Å²) in [7, 11) is 1.35. The van der Waals surface area contributed by atoms with Crippen LogP contribution in [0.25, 0.3) is 22.0 Å². The predicted molar refractivity (Wildman–Crippen MR) is 91.7 cm³/mol. The Bertz CT molecular complexity index is 961. The molecule has 0 bridgehead atoms. The number of hydrogen-bond acceptors (Lipinski definition) is 6. The van der Waals surface area contributed by atoms with E-state index < -0.39 is 11.7 Å². The molecule has 3 rings (SSSR count). The van der Waals surface area contributed by atoms with Gasteiger partial charge < -0.3 is 15.8 Å². The van der Waals surface area contributed by atoms with E-state index in [1.807, 2.05) is 0 Å². The van der Waals surface area contributed by atoms with Crippen LogP contribution in [-0.2, 0) is 0 Å². The zero-order chi connectivity index (χ0) is 18.0. The molecule has 3 N–H and O–H groups in total. The summed E-state index contributed by atoms with van der Waals surface area (Å²) in [4.78, 5) is 15.9. The maximum absolute atomic E-state index is 14.0. The molecule has 0 saturated carbocycles. The van der Waals surface area contributed by atoms with Gasteiger partial charge in [-0.2, -0.15) is 0 Å². The summed E-state index contributed by atoms with van der Waals surface area (Å²) in [5, 5.41) is 11.3. The molecule has 8 heteroatoms. The van der Waals surface area contributed by atoms with E-state index in [1.54, 1.807) is 25.1 Å². The van der Waals surface area contributed by atoms with Crippen molar-refractivity contribution in [1.29, 1.82) is 0 Å². The van der Waals surface area contributed by atoms with Gasteiger partial charge in [0, 0.05) is 29.3 Å². The number of pyridine rings is 1. The Morgan fingerprint density at radius 1 is 1.36 bits per heavy atom. The minimum Gasteiger partial charge on any atom is -0.479 e. The zero-order valence-electron chi connectivity index (χ0n) is 13.7. The van der Waals surface area contributed by atoms with E-state index in [-0.39, 0.29) is 17.3 Å². The number of benzene rings is 1. The monoisotopic (exact) mass is 341 g/mol. The molecule has 0 radical (unpaired) electrons. The Kier molecular flexibility index (Phi) is 4.42. The Morgan fingerprint density at radius 3 is 2.84 bits per heavy atom. The van der Waals surface area contributed by atoms with Crippen molar-refractivity contribution in [3.63, 3.8) is 0 Å². The molecule has 0 aliphatic rings. The predicted octanol–water partition coefficient (Wildman–Crippen LogP) is 2.17. The summed E-state index contributed by atoms with van der Waals surface area (Å²) in [6.45, 7) is 2.25. The molecule has 1 amide bonds. The first-order valence-electron chi connectivity index (χ1n) is 7.59. The van der Waals surface area contributed by atoms with Gasteiger partial charge in [0.15, 0.2) is 11.5 Å². The number of carbonyl (C=O) groups is 1. The second-order valence-electron chi connectivity index (χ2n) is 5.24. The van der Waals surface area contributed by atoms with E-state index in [9.17, 15) is 9.18 Å². The number of hydrogen-bond donors (Lipinski definition) is 2. The molecule has 7 nitrogen and oxygen atoms in total. The van der Waals surface area contributed by atoms with E-state index in [1.165, 1.54) is 19.4 Å². The summed E-state index contributed by atoms with van der Waals surface area (Å²) in [6.07, 6.45) is 1.48. The van der Waals surface area contributed by atoms with E-state index in [0.29, 0.717) is 28.6 Å². The van der Waals surface area contributed by atoms with Crippen LogP contribution in [0.3, 0.4) is 0 Å². The lowest BCUT2D eigenvalue weighted by atomic mass is 10.0. The normalized spacial score (nSPS) is 10.7. The molecule has 128 valence electrons. The second-order valence-corrected chi connectivity index (χ2v) is 5.24. The number of ether oxygens (including phenoxy) is 1. The van der Waals surface area contributed by atoms with Crippen molar-refractivity contribution in [3.8, 4) is 17.0 Å². The SMILES string of the molecule is CCNC(=O)c1nnc2c(-c3cnc(OC)c(F)c3)cccc2c1N. The number of fused-ring (bicyclic) bond motifs is 1. The first kappa shape index (κ1) is 16.6. The lowest BCUT2D eigenvalue weighted by Gasteiger charge is -2.10. The highest BCUT2D eigenvalue weighted by molar-refractivity contribution is 6.07. The number of halogens is 1. The molecule has 0 fully saturated rings. The van der Waals surface area contributed by atoms with Crippen LogP contribution >= 0.6 is 0 Å². The fraction of sp³-hybridized carbons (Fsp3) is 0.176. The van der Waals surface area contributed by atoms with Crippen molar-refractivity contribution in [1.82, 2.24) is 20.5 Å². The molecule has 2 heterocycles. The third-order valence-corrected chi connectivity index (χ3v) is 3.70. The number of nitrogens with two attached hydrogens (primary N) is 1. The van der Waals surface area contributed by atoms with Crippen LogP contribution in [0.5, 0.6) is 5.88 Å². The fourth-order valence-corrected chi connectivity index (χ4v) is 2.52. The van der Waals surface area contributed by atoms with Crippen LogP contribution in [0.4, 0.5) is 10.1 Å². The highest BCUT2D eigenvalue weighted by atomic mass is 19.1. The van der Waals surface area contributed by atoms with Crippen molar-refractivity contribution in [2.24, 2.45) is 0 Å². The number of nitrogen functional groups attached to an aromatic ring is 1. The van der Waals surface area contributed by atoms with Crippen LogP contribution in [0.15, 0.2) is 30.5 Å². The average Bonchev–Trinajstić information content (AvgIpc) is 2.62. The largest absolute Gasteiger partial charge is 0.479 e. The molecule has 0 saturated heterocycles. The minimum absolute atomic E-state index is 0.0607. The van der Waals surface area contributed by atoms with Gasteiger partial charge in [-0.15, -0.1) is 10.2 Å². The van der Waals surface area contributed by atoms with Crippen molar-refractivity contribution >= 4 is 22.5 Å². The van der Waals surface area contributed by atoms with Gasteiger partial charge in [-0.3, -0.25) is 4.79 Å². The number of anilines is 1. The highest BCUT2D eigenvalue weighted by Gasteiger charge is 2.17. The minimum atomic E-state index is -0.586. The topological polar surface area (TPSA) is 103 Å². The summed E-state index contributed by atoms with van der Waals surface area (Å²) < 4.78 is 18.8. The molecular formula is C17H16FN5O2. The highest BCUT2D eigenvalue weighted by Crippen LogP contribution is 2.31. The molecule has 0 spiro atoms. The van der Waals surface area contributed by atoms with Gasteiger partial charge in [0.05, 0.1) is 12.8 Å². The third-order valence-electron chi connectivity index (χ3n) is 3.70. The van der Waals surface area contributed by atoms with Crippen LogP contribution in [0.1, 0.15) is 17.4 Å². The van der Waals surface area contributed by atoms with Crippen molar-refractivity contribution in [3.05, 3.63) is 42.0 Å². The molecule has 0 aliphatic heterocycles. The van der Waals surface area contributed by atoms with E-state index in [0.717, 1.165) is 0 Å². The summed E-state index contributed by atoms with van der Waals surface area (Å²) >= 11 is 0. The number of nitrogens with one attached hydrogen (secondary N) is 1. The molecule has 0 unspecified atom stereocenters. The average molecular weight is 341 g/mol. The molecule has 2 aromatic heterocycles. The van der Waals surface area contributed by atoms with E-state index in [4.69, 9.17) is 10.5 Å². The van der Waals surface area contributed by atoms with Crippen LogP contribution < -0.4 is 15.8 Å². The van der Waals surface area contributed by atoms with E-state index >= 15 is 0 Å². The Labute approximate surface area is 143 Å². The standard InChI is InChI=1S/C17H16FN5O2/c1-3-20-16(24)15-13(19)11-6-4-5-10(14(11)22-23-15)9-7-12(18)17(25-2)21-8-9/h4-8H,3H2,1-2H3,(H2,19,22)(H,20,24). The molecule has 0 atom stereocenters. The Morgan fingerprint density at radius 2 is 2.16 bits per heavy atom. The quantitative estimate of drug-likeness (QED) is 0.754. The van der Waals surface area contributed by atoms with Gasteiger partial charge in [0.25, 0.3) is 5.91 Å². The number of methoxy groups -OCH3 is 1. The van der Waals surface area contributed by atoms with Gasteiger partial charge in [-0.1, -0.05) is 18.2 Å². The molecular weight excluding hydrogens is 325 g/mol. The van der Waals surface area contributed by atoms with Gasteiger partial charge in [-0.25, -0.2) is 9.37 Å².